The van der Waals surface area contributed by atoms with E-state index >= 15 is 0 Å². The third kappa shape index (κ3) is 3.01. The molecule has 0 radical (unpaired) electrons. The predicted octanol–water partition coefficient (Wildman–Crippen LogP) is 5.11. The Morgan fingerprint density at radius 1 is 1.33 bits per heavy atom. The van der Waals surface area contributed by atoms with Gasteiger partial charge in [0.2, 0.25) is 0 Å². The molecular weight excluding hydrogens is 336 g/mol. The predicted molar refractivity (Wildman–Crippen MR) is 74.9 cm³/mol. The molecule has 1 aliphatic rings. The van der Waals surface area contributed by atoms with Gasteiger partial charge in [-0.15, -0.1) is 11.8 Å². The number of halogens is 2. The van der Waals surface area contributed by atoms with Crippen molar-refractivity contribution in [1.29, 1.82) is 0 Å². The van der Waals surface area contributed by atoms with Crippen LogP contribution in [-0.2, 0) is 0 Å². The molecule has 1 fully saturated rings. The van der Waals surface area contributed by atoms with E-state index in [0.717, 1.165) is 5.33 Å². The quantitative estimate of drug-likeness (QED) is 0.537. The van der Waals surface area contributed by atoms with Gasteiger partial charge in [0.1, 0.15) is 0 Å². The van der Waals surface area contributed by atoms with Crippen LogP contribution in [0.3, 0.4) is 0 Å². The minimum Gasteiger partial charge on any atom is -0.126 e. The molecule has 0 spiro atoms. The fourth-order valence-corrected chi connectivity index (χ4v) is 4.61. The van der Waals surface area contributed by atoms with Crippen LogP contribution in [0, 0.1) is 5.41 Å². The molecule has 0 amide bonds. The lowest BCUT2D eigenvalue weighted by atomic mass is 9.72. The van der Waals surface area contributed by atoms with Crippen molar-refractivity contribution < 1.29 is 0 Å². The molecule has 0 unspecified atom stereocenters. The van der Waals surface area contributed by atoms with Gasteiger partial charge in [0, 0.05) is 20.5 Å². The Hall–Kier alpha value is 0.530. The van der Waals surface area contributed by atoms with Crippen LogP contribution in [0.15, 0.2) is 33.6 Å². The van der Waals surface area contributed by atoms with Gasteiger partial charge in [0.15, 0.2) is 0 Å². The number of benzene rings is 1. The maximum absolute atomic E-state index is 3.65. The molecule has 0 heterocycles. The van der Waals surface area contributed by atoms with E-state index in [1.807, 2.05) is 11.8 Å². The summed E-state index contributed by atoms with van der Waals surface area (Å²) in [6, 6.07) is 8.57. The molecule has 15 heavy (non-hydrogen) atoms. The number of thioether (sulfide) groups is 1. The molecule has 0 bridgehead atoms. The minimum atomic E-state index is 0.576. The highest BCUT2D eigenvalue weighted by molar-refractivity contribution is 9.10. The zero-order valence-corrected chi connectivity index (χ0v) is 12.5. The van der Waals surface area contributed by atoms with Gasteiger partial charge in [-0.25, -0.2) is 0 Å². The molecule has 0 aromatic heterocycles. The second-order valence-electron chi connectivity index (χ2n) is 4.23. The number of rotatable bonds is 4. The van der Waals surface area contributed by atoms with Crippen molar-refractivity contribution in [3.05, 3.63) is 28.7 Å². The molecule has 0 aliphatic heterocycles. The van der Waals surface area contributed by atoms with Crippen molar-refractivity contribution in [3.8, 4) is 0 Å². The summed E-state index contributed by atoms with van der Waals surface area (Å²) in [6.07, 6.45) is 4.18. The standard InChI is InChI=1S/C12H14Br2S/c13-8-12(5-2-6-12)9-15-11-4-1-3-10(14)7-11/h1,3-4,7H,2,5-6,8-9H2. The fraction of sp³-hybridized carbons (Fsp3) is 0.500. The maximum atomic E-state index is 3.65. The Morgan fingerprint density at radius 2 is 2.13 bits per heavy atom. The van der Waals surface area contributed by atoms with Crippen molar-refractivity contribution in [3.63, 3.8) is 0 Å². The number of hydrogen-bond acceptors (Lipinski definition) is 1. The molecular formula is C12H14Br2S. The average molecular weight is 350 g/mol. The van der Waals surface area contributed by atoms with E-state index in [0.29, 0.717) is 5.41 Å². The van der Waals surface area contributed by atoms with Crippen LogP contribution < -0.4 is 0 Å². The summed E-state index contributed by atoms with van der Waals surface area (Å²) in [6.45, 7) is 0. The van der Waals surface area contributed by atoms with Crippen molar-refractivity contribution in [2.45, 2.75) is 24.2 Å². The van der Waals surface area contributed by atoms with Gasteiger partial charge in [0.05, 0.1) is 0 Å². The summed E-state index contributed by atoms with van der Waals surface area (Å²) in [4.78, 5) is 1.37. The first-order chi connectivity index (χ1) is 7.24. The summed E-state index contributed by atoms with van der Waals surface area (Å²) in [5.74, 6) is 1.24. The van der Waals surface area contributed by atoms with E-state index in [-0.39, 0.29) is 0 Å². The highest BCUT2D eigenvalue weighted by Crippen LogP contribution is 2.46. The zero-order chi connectivity index (χ0) is 10.7. The van der Waals surface area contributed by atoms with Gasteiger partial charge in [-0.3, -0.25) is 0 Å². The van der Waals surface area contributed by atoms with Crippen molar-refractivity contribution in [2.24, 2.45) is 5.41 Å². The normalized spacial score (nSPS) is 18.5. The zero-order valence-electron chi connectivity index (χ0n) is 8.51. The van der Waals surface area contributed by atoms with Crippen LogP contribution in [-0.4, -0.2) is 11.1 Å². The minimum absolute atomic E-state index is 0.576. The van der Waals surface area contributed by atoms with Crippen LogP contribution in [0.1, 0.15) is 19.3 Å². The van der Waals surface area contributed by atoms with Crippen LogP contribution in [0.25, 0.3) is 0 Å². The largest absolute Gasteiger partial charge is 0.126 e. The second kappa shape index (κ2) is 5.24. The molecule has 0 N–H and O–H groups in total. The van der Waals surface area contributed by atoms with Gasteiger partial charge in [0.25, 0.3) is 0 Å². The third-order valence-electron chi connectivity index (χ3n) is 3.04. The van der Waals surface area contributed by atoms with Gasteiger partial charge < -0.3 is 0 Å². The second-order valence-corrected chi connectivity index (χ2v) is 6.76. The molecule has 1 aromatic carbocycles. The van der Waals surface area contributed by atoms with Gasteiger partial charge in [-0.05, 0) is 36.5 Å². The average Bonchev–Trinajstić information content (AvgIpc) is 2.17. The lowest BCUT2D eigenvalue weighted by molar-refractivity contribution is 0.206. The van der Waals surface area contributed by atoms with Crippen molar-refractivity contribution in [1.82, 2.24) is 0 Å². The van der Waals surface area contributed by atoms with Crippen LogP contribution in [0.2, 0.25) is 0 Å². The first-order valence-corrected chi connectivity index (χ1v) is 8.08. The molecule has 2 rings (SSSR count). The number of alkyl halides is 1. The summed E-state index contributed by atoms with van der Waals surface area (Å²) in [5.41, 5.74) is 0.576. The molecule has 0 atom stereocenters. The Morgan fingerprint density at radius 3 is 2.67 bits per heavy atom. The summed E-state index contributed by atoms with van der Waals surface area (Å²) in [5, 5.41) is 1.15. The van der Waals surface area contributed by atoms with Crippen LogP contribution in [0.5, 0.6) is 0 Å². The van der Waals surface area contributed by atoms with E-state index in [2.05, 4.69) is 56.1 Å². The van der Waals surface area contributed by atoms with Crippen LogP contribution in [0.4, 0.5) is 0 Å². The van der Waals surface area contributed by atoms with Gasteiger partial charge in [-0.2, -0.15) is 0 Å². The number of hydrogen-bond donors (Lipinski definition) is 0. The maximum Gasteiger partial charge on any atom is 0.0186 e. The molecule has 82 valence electrons. The molecule has 1 saturated carbocycles. The Balaban J connectivity index is 1.92. The fourth-order valence-electron chi connectivity index (χ4n) is 1.79. The monoisotopic (exact) mass is 348 g/mol. The van der Waals surface area contributed by atoms with E-state index in [1.54, 1.807) is 0 Å². The van der Waals surface area contributed by atoms with E-state index in [1.165, 1.54) is 34.4 Å². The Kier molecular flexibility index (Phi) is 4.19. The van der Waals surface area contributed by atoms with Gasteiger partial charge >= 0.3 is 0 Å². The van der Waals surface area contributed by atoms with E-state index in [4.69, 9.17) is 0 Å². The summed E-state index contributed by atoms with van der Waals surface area (Å²) >= 11 is 9.14. The highest BCUT2D eigenvalue weighted by atomic mass is 79.9. The Bertz CT molecular complexity index is 329. The van der Waals surface area contributed by atoms with Crippen molar-refractivity contribution in [2.75, 3.05) is 11.1 Å². The molecule has 3 heteroatoms. The molecule has 0 saturated heterocycles. The lowest BCUT2D eigenvalue weighted by Gasteiger charge is -2.40. The summed E-state index contributed by atoms with van der Waals surface area (Å²) in [7, 11) is 0. The van der Waals surface area contributed by atoms with E-state index in [9.17, 15) is 0 Å². The molecule has 1 aliphatic carbocycles. The smallest absolute Gasteiger partial charge is 0.0186 e. The SMILES string of the molecule is BrCC1(CSc2cccc(Br)c2)CCC1. The van der Waals surface area contributed by atoms with Crippen LogP contribution >= 0.6 is 43.6 Å². The van der Waals surface area contributed by atoms with E-state index < -0.39 is 0 Å². The first-order valence-electron chi connectivity index (χ1n) is 5.18. The summed E-state index contributed by atoms with van der Waals surface area (Å²) < 4.78 is 1.18. The third-order valence-corrected chi connectivity index (χ3v) is 6.07. The topological polar surface area (TPSA) is 0 Å². The molecule has 0 nitrogen and oxygen atoms in total. The molecule has 1 aromatic rings. The van der Waals surface area contributed by atoms with Gasteiger partial charge in [-0.1, -0.05) is 44.3 Å². The highest BCUT2D eigenvalue weighted by Gasteiger charge is 2.35. The van der Waals surface area contributed by atoms with Crippen molar-refractivity contribution >= 4 is 43.6 Å². The first kappa shape index (κ1) is 12.0. The lowest BCUT2D eigenvalue weighted by Crippen LogP contribution is -2.33. The Labute approximate surface area is 112 Å².